The van der Waals surface area contributed by atoms with Gasteiger partial charge in [0.05, 0.1) is 13.3 Å². The summed E-state index contributed by atoms with van der Waals surface area (Å²) < 4.78 is 5.00. The highest BCUT2D eigenvalue weighted by molar-refractivity contribution is 6.30. The van der Waals surface area contributed by atoms with Gasteiger partial charge in [-0.05, 0) is 37.6 Å². The molecule has 5 heteroatoms. The summed E-state index contributed by atoms with van der Waals surface area (Å²) >= 11 is 5.94. The Balaban J connectivity index is 2.06. The van der Waals surface area contributed by atoms with Crippen LogP contribution in [0.4, 0.5) is 10.5 Å². The molecule has 1 fully saturated rings. The molecule has 18 heavy (non-hydrogen) atoms. The van der Waals surface area contributed by atoms with Gasteiger partial charge in [-0.3, -0.25) is 4.90 Å². The van der Waals surface area contributed by atoms with Crippen molar-refractivity contribution in [3.63, 3.8) is 0 Å². The van der Waals surface area contributed by atoms with Crippen LogP contribution in [-0.2, 0) is 4.74 Å². The second-order valence-electron chi connectivity index (χ2n) is 4.30. The molecule has 0 radical (unpaired) electrons. The zero-order valence-corrected chi connectivity index (χ0v) is 11.4. The zero-order chi connectivity index (χ0) is 13.1. The molecule has 1 heterocycles. The van der Waals surface area contributed by atoms with Gasteiger partial charge in [-0.2, -0.15) is 0 Å². The number of halogens is 1. The van der Waals surface area contributed by atoms with Crippen molar-refractivity contribution in [1.29, 1.82) is 0 Å². The van der Waals surface area contributed by atoms with Gasteiger partial charge in [0, 0.05) is 23.8 Å². The summed E-state index contributed by atoms with van der Waals surface area (Å²) in [5, 5.41) is 0.734. The van der Waals surface area contributed by atoms with Crippen molar-refractivity contribution >= 4 is 23.4 Å². The average molecular weight is 269 g/mol. The summed E-state index contributed by atoms with van der Waals surface area (Å²) in [6.45, 7) is 6.34. The molecule has 1 amide bonds. The lowest BCUT2D eigenvalue weighted by Crippen LogP contribution is -2.31. The van der Waals surface area contributed by atoms with E-state index in [1.165, 1.54) is 0 Å². The van der Waals surface area contributed by atoms with Crippen molar-refractivity contribution in [2.45, 2.75) is 13.8 Å². The molecule has 0 N–H and O–H groups in total. The van der Waals surface area contributed by atoms with Crippen molar-refractivity contribution < 1.29 is 9.53 Å². The van der Waals surface area contributed by atoms with Gasteiger partial charge in [-0.15, -0.1) is 0 Å². The lowest BCUT2D eigenvalue weighted by atomic mass is 10.2. The molecule has 1 aliphatic heterocycles. The molecule has 0 unspecified atom stereocenters. The Morgan fingerprint density at radius 1 is 1.44 bits per heavy atom. The fourth-order valence-corrected chi connectivity index (χ4v) is 2.35. The van der Waals surface area contributed by atoms with Crippen molar-refractivity contribution in [2.75, 3.05) is 31.3 Å². The van der Waals surface area contributed by atoms with E-state index in [4.69, 9.17) is 16.3 Å². The molecule has 4 nitrogen and oxygen atoms in total. The quantitative estimate of drug-likeness (QED) is 0.827. The average Bonchev–Trinajstić information content (AvgIpc) is 2.78. The van der Waals surface area contributed by atoms with Crippen LogP contribution in [0.2, 0.25) is 5.02 Å². The third kappa shape index (κ3) is 2.70. The predicted octanol–water partition coefficient (Wildman–Crippen LogP) is 2.88. The van der Waals surface area contributed by atoms with Gasteiger partial charge < -0.3 is 9.64 Å². The lowest BCUT2D eigenvalue weighted by Gasteiger charge is -2.21. The second kappa shape index (κ2) is 5.48. The summed E-state index contributed by atoms with van der Waals surface area (Å²) in [6, 6.07) is 5.80. The van der Waals surface area contributed by atoms with E-state index < -0.39 is 0 Å². The second-order valence-corrected chi connectivity index (χ2v) is 4.73. The molecule has 0 aromatic heterocycles. The van der Waals surface area contributed by atoms with Gasteiger partial charge in [-0.25, -0.2) is 4.79 Å². The SMILES string of the molecule is CCOC(=O)N1CCN(c2ccc(Cl)cc2C)C1. The normalized spacial score (nSPS) is 15.1. The molecular weight excluding hydrogens is 252 g/mol. The molecule has 0 bridgehead atoms. The Hall–Kier alpha value is -1.42. The molecule has 0 spiro atoms. The number of rotatable bonds is 2. The van der Waals surface area contributed by atoms with E-state index in [0.29, 0.717) is 19.8 Å². The number of nitrogens with zero attached hydrogens (tertiary/aromatic N) is 2. The maximum Gasteiger partial charge on any atom is 0.411 e. The van der Waals surface area contributed by atoms with E-state index in [2.05, 4.69) is 4.90 Å². The first-order valence-corrected chi connectivity index (χ1v) is 6.42. The van der Waals surface area contributed by atoms with E-state index in [1.807, 2.05) is 32.0 Å². The number of carbonyl (C=O) groups excluding carboxylic acids is 1. The number of hydrogen-bond donors (Lipinski definition) is 0. The molecule has 0 aliphatic carbocycles. The molecule has 1 aliphatic rings. The van der Waals surface area contributed by atoms with Crippen LogP contribution >= 0.6 is 11.6 Å². The van der Waals surface area contributed by atoms with E-state index in [1.54, 1.807) is 4.90 Å². The molecule has 1 aromatic carbocycles. The molecular formula is C13H17ClN2O2. The summed E-state index contributed by atoms with van der Waals surface area (Å²) in [5.41, 5.74) is 2.24. The Morgan fingerprint density at radius 2 is 2.22 bits per heavy atom. The fraction of sp³-hybridized carbons (Fsp3) is 0.462. The van der Waals surface area contributed by atoms with Crippen molar-refractivity contribution in [2.24, 2.45) is 0 Å². The number of hydrogen-bond acceptors (Lipinski definition) is 3. The summed E-state index contributed by atoms with van der Waals surface area (Å²) in [4.78, 5) is 15.5. The van der Waals surface area contributed by atoms with Crippen molar-refractivity contribution in [3.8, 4) is 0 Å². The Labute approximate surface area is 112 Å². The van der Waals surface area contributed by atoms with Gasteiger partial charge in [0.15, 0.2) is 0 Å². The first-order valence-electron chi connectivity index (χ1n) is 6.04. The lowest BCUT2D eigenvalue weighted by molar-refractivity contribution is 0.116. The van der Waals surface area contributed by atoms with Crippen LogP contribution < -0.4 is 4.90 Å². The number of carbonyl (C=O) groups is 1. The van der Waals surface area contributed by atoms with Crippen LogP contribution in [0.15, 0.2) is 18.2 Å². The Bertz CT molecular complexity index is 451. The van der Waals surface area contributed by atoms with Gasteiger partial charge in [0.2, 0.25) is 0 Å². The van der Waals surface area contributed by atoms with Gasteiger partial charge in [0.1, 0.15) is 0 Å². The van der Waals surface area contributed by atoms with E-state index >= 15 is 0 Å². The Kier molecular flexibility index (Phi) is 3.97. The van der Waals surface area contributed by atoms with Crippen LogP contribution in [0, 0.1) is 6.92 Å². The maximum absolute atomic E-state index is 11.6. The minimum atomic E-state index is -0.244. The van der Waals surface area contributed by atoms with E-state index in [0.717, 1.165) is 22.8 Å². The van der Waals surface area contributed by atoms with E-state index in [9.17, 15) is 4.79 Å². The number of ether oxygens (including phenoxy) is 1. The summed E-state index contributed by atoms with van der Waals surface area (Å²) in [7, 11) is 0. The van der Waals surface area contributed by atoms with Crippen LogP contribution in [0.5, 0.6) is 0 Å². The summed E-state index contributed by atoms with van der Waals surface area (Å²) in [6.07, 6.45) is -0.244. The Morgan fingerprint density at radius 3 is 2.89 bits per heavy atom. The zero-order valence-electron chi connectivity index (χ0n) is 10.6. The van der Waals surface area contributed by atoms with Crippen LogP contribution in [0.25, 0.3) is 0 Å². The topological polar surface area (TPSA) is 32.8 Å². The number of benzene rings is 1. The minimum absolute atomic E-state index is 0.244. The molecule has 1 aromatic rings. The predicted molar refractivity (Wildman–Crippen MR) is 72.1 cm³/mol. The number of anilines is 1. The first-order chi connectivity index (χ1) is 8.61. The van der Waals surface area contributed by atoms with E-state index in [-0.39, 0.29) is 6.09 Å². The van der Waals surface area contributed by atoms with Gasteiger partial charge in [-0.1, -0.05) is 11.6 Å². The first kappa shape index (κ1) is 13.0. The summed E-state index contributed by atoms with van der Waals surface area (Å²) in [5.74, 6) is 0. The maximum atomic E-state index is 11.6. The monoisotopic (exact) mass is 268 g/mol. The highest BCUT2D eigenvalue weighted by Gasteiger charge is 2.25. The van der Waals surface area contributed by atoms with Crippen LogP contribution in [0.3, 0.4) is 0 Å². The highest BCUT2D eigenvalue weighted by Crippen LogP contribution is 2.25. The van der Waals surface area contributed by atoms with Crippen molar-refractivity contribution in [1.82, 2.24) is 4.90 Å². The van der Waals surface area contributed by atoms with Gasteiger partial charge in [0.25, 0.3) is 0 Å². The smallest absolute Gasteiger partial charge is 0.411 e. The fourth-order valence-electron chi connectivity index (χ4n) is 2.12. The molecule has 0 saturated carbocycles. The van der Waals surface area contributed by atoms with Crippen molar-refractivity contribution in [3.05, 3.63) is 28.8 Å². The molecule has 98 valence electrons. The molecule has 2 rings (SSSR count). The number of aryl methyl sites for hydroxylation is 1. The number of amides is 1. The largest absolute Gasteiger partial charge is 0.450 e. The molecule has 1 saturated heterocycles. The minimum Gasteiger partial charge on any atom is -0.450 e. The molecule has 0 atom stereocenters. The van der Waals surface area contributed by atoms with Crippen LogP contribution in [0.1, 0.15) is 12.5 Å². The third-order valence-electron chi connectivity index (χ3n) is 3.01. The highest BCUT2D eigenvalue weighted by atomic mass is 35.5. The third-order valence-corrected chi connectivity index (χ3v) is 3.24. The standard InChI is InChI=1S/C13H17ClN2O2/c1-3-18-13(17)16-7-6-15(9-16)12-5-4-11(14)8-10(12)2/h4-5,8H,3,6-7,9H2,1-2H3. The van der Waals surface area contributed by atoms with Crippen LogP contribution in [-0.4, -0.2) is 37.4 Å². The van der Waals surface area contributed by atoms with Gasteiger partial charge >= 0.3 is 6.09 Å².